The number of hydrogen-bond donors (Lipinski definition) is 2. The highest BCUT2D eigenvalue weighted by molar-refractivity contribution is 7.89. The van der Waals surface area contributed by atoms with Gasteiger partial charge in [-0.25, -0.2) is 18.1 Å². The standard InChI is InChI=1S/C12H22N4O2S/c1-4-10(2)16(3)9-8-15-19(17,18)12-11(13)6-5-7-14-12/h5-7,10,15H,4,8-9,13H2,1-3H3. The van der Waals surface area contributed by atoms with Gasteiger partial charge in [-0.05, 0) is 32.5 Å². The van der Waals surface area contributed by atoms with Crippen molar-refractivity contribution in [3.63, 3.8) is 0 Å². The number of nitrogen functional groups attached to an aromatic ring is 1. The average molecular weight is 286 g/mol. The first kappa shape index (κ1) is 15.9. The minimum absolute atomic E-state index is 0.110. The zero-order valence-corrected chi connectivity index (χ0v) is 12.4. The van der Waals surface area contributed by atoms with E-state index in [1.807, 2.05) is 7.05 Å². The van der Waals surface area contributed by atoms with Gasteiger partial charge in [0, 0.05) is 25.3 Å². The van der Waals surface area contributed by atoms with Crippen LogP contribution in [0, 0.1) is 0 Å². The Morgan fingerprint density at radius 1 is 1.53 bits per heavy atom. The summed E-state index contributed by atoms with van der Waals surface area (Å²) < 4.78 is 26.5. The summed E-state index contributed by atoms with van der Waals surface area (Å²) in [6, 6.07) is 3.54. The van der Waals surface area contributed by atoms with Crippen LogP contribution in [-0.4, -0.2) is 44.5 Å². The van der Waals surface area contributed by atoms with E-state index >= 15 is 0 Å². The zero-order valence-electron chi connectivity index (χ0n) is 11.6. The van der Waals surface area contributed by atoms with Gasteiger partial charge in [0.25, 0.3) is 10.0 Å². The van der Waals surface area contributed by atoms with Gasteiger partial charge in [0.15, 0.2) is 5.03 Å². The molecule has 0 radical (unpaired) electrons. The maximum atomic E-state index is 12.0. The van der Waals surface area contributed by atoms with Crippen molar-refractivity contribution in [3.8, 4) is 0 Å². The molecule has 0 amide bonds. The minimum atomic E-state index is -3.63. The van der Waals surface area contributed by atoms with Crippen molar-refractivity contribution in [1.82, 2.24) is 14.6 Å². The van der Waals surface area contributed by atoms with Crippen LogP contribution >= 0.6 is 0 Å². The second-order valence-corrected chi connectivity index (χ2v) is 6.22. The number of nitrogens with two attached hydrogens (primary N) is 1. The third-order valence-corrected chi connectivity index (χ3v) is 4.59. The molecule has 0 fully saturated rings. The molecular weight excluding hydrogens is 264 g/mol. The second kappa shape index (κ2) is 6.83. The summed E-state index contributed by atoms with van der Waals surface area (Å²) in [5, 5.41) is -0.110. The van der Waals surface area contributed by atoms with Gasteiger partial charge in [-0.2, -0.15) is 0 Å². The molecule has 108 valence electrons. The van der Waals surface area contributed by atoms with Crippen LogP contribution in [0.15, 0.2) is 23.4 Å². The smallest absolute Gasteiger partial charge is 0.260 e. The molecule has 0 saturated heterocycles. The first-order valence-corrected chi connectivity index (χ1v) is 7.77. The Morgan fingerprint density at radius 2 is 2.21 bits per heavy atom. The van der Waals surface area contributed by atoms with Gasteiger partial charge in [0.2, 0.25) is 0 Å². The summed E-state index contributed by atoms with van der Waals surface area (Å²) in [6.07, 6.45) is 2.44. The third kappa shape index (κ3) is 4.45. The SMILES string of the molecule is CCC(C)N(C)CCNS(=O)(=O)c1ncccc1N. The maximum absolute atomic E-state index is 12.0. The van der Waals surface area contributed by atoms with Gasteiger partial charge in [-0.3, -0.25) is 0 Å². The fourth-order valence-electron chi connectivity index (χ4n) is 1.58. The summed E-state index contributed by atoms with van der Waals surface area (Å²) in [5.74, 6) is 0. The van der Waals surface area contributed by atoms with Gasteiger partial charge in [-0.15, -0.1) is 0 Å². The van der Waals surface area contributed by atoms with Crippen LogP contribution in [0.2, 0.25) is 0 Å². The van der Waals surface area contributed by atoms with Gasteiger partial charge in [0.05, 0.1) is 5.69 Å². The summed E-state index contributed by atoms with van der Waals surface area (Å²) in [7, 11) is -1.66. The number of anilines is 1. The van der Waals surface area contributed by atoms with Crippen molar-refractivity contribution < 1.29 is 8.42 Å². The van der Waals surface area contributed by atoms with Crippen LogP contribution in [0.5, 0.6) is 0 Å². The summed E-state index contributed by atoms with van der Waals surface area (Å²) in [6.45, 7) is 5.17. The van der Waals surface area contributed by atoms with E-state index in [1.165, 1.54) is 12.3 Å². The molecule has 0 aliphatic rings. The van der Waals surface area contributed by atoms with Crippen molar-refractivity contribution in [2.45, 2.75) is 31.3 Å². The predicted molar refractivity (Wildman–Crippen MR) is 76.2 cm³/mol. The molecule has 1 aromatic heterocycles. The highest BCUT2D eigenvalue weighted by Gasteiger charge is 2.18. The number of aromatic nitrogens is 1. The second-order valence-electron chi connectivity index (χ2n) is 4.53. The number of nitrogens with zero attached hydrogens (tertiary/aromatic N) is 2. The van der Waals surface area contributed by atoms with E-state index in [4.69, 9.17) is 5.73 Å². The fourth-order valence-corrected chi connectivity index (χ4v) is 2.66. The highest BCUT2D eigenvalue weighted by atomic mass is 32.2. The lowest BCUT2D eigenvalue weighted by molar-refractivity contribution is 0.256. The molecule has 0 bridgehead atoms. The van der Waals surface area contributed by atoms with Crippen LogP contribution in [0.3, 0.4) is 0 Å². The fraction of sp³-hybridized carbons (Fsp3) is 0.583. The lowest BCUT2D eigenvalue weighted by atomic mass is 10.2. The van der Waals surface area contributed by atoms with Crippen LogP contribution in [-0.2, 0) is 10.0 Å². The van der Waals surface area contributed by atoms with Gasteiger partial charge < -0.3 is 10.6 Å². The molecule has 0 saturated carbocycles. The molecule has 0 aliphatic heterocycles. The van der Waals surface area contributed by atoms with E-state index < -0.39 is 10.0 Å². The summed E-state index contributed by atoms with van der Waals surface area (Å²) >= 11 is 0. The molecule has 19 heavy (non-hydrogen) atoms. The Balaban J connectivity index is 2.60. The number of sulfonamides is 1. The van der Waals surface area contributed by atoms with E-state index in [-0.39, 0.29) is 10.7 Å². The van der Waals surface area contributed by atoms with Gasteiger partial charge in [-0.1, -0.05) is 6.92 Å². The lowest BCUT2D eigenvalue weighted by Crippen LogP contribution is -2.37. The average Bonchev–Trinajstić information content (AvgIpc) is 2.37. The molecule has 0 aliphatic carbocycles. The van der Waals surface area contributed by atoms with E-state index in [2.05, 4.69) is 28.5 Å². The minimum Gasteiger partial charge on any atom is -0.396 e. The molecule has 3 N–H and O–H groups in total. The van der Waals surface area contributed by atoms with Crippen molar-refractivity contribution in [3.05, 3.63) is 18.3 Å². The first-order valence-electron chi connectivity index (χ1n) is 6.29. The molecule has 0 aromatic carbocycles. The number of nitrogens with one attached hydrogen (secondary N) is 1. The van der Waals surface area contributed by atoms with Crippen molar-refractivity contribution in [2.75, 3.05) is 25.9 Å². The van der Waals surface area contributed by atoms with Crippen molar-refractivity contribution in [1.29, 1.82) is 0 Å². The monoisotopic (exact) mass is 286 g/mol. The molecule has 1 unspecified atom stereocenters. The maximum Gasteiger partial charge on any atom is 0.260 e. The summed E-state index contributed by atoms with van der Waals surface area (Å²) in [4.78, 5) is 5.91. The van der Waals surface area contributed by atoms with Crippen LogP contribution in [0.4, 0.5) is 5.69 Å². The zero-order chi connectivity index (χ0) is 14.5. The topological polar surface area (TPSA) is 88.3 Å². The van der Waals surface area contributed by atoms with Crippen LogP contribution in [0.1, 0.15) is 20.3 Å². The molecule has 1 heterocycles. The van der Waals surface area contributed by atoms with E-state index in [1.54, 1.807) is 6.07 Å². The first-order chi connectivity index (χ1) is 8.88. The number of rotatable bonds is 7. The van der Waals surface area contributed by atoms with Crippen LogP contribution < -0.4 is 10.5 Å². The lowest BCUT2D eigenvalue weighted by Gasteiger charge is -2.23. The largest absolute Gasteiger partial charge is 0.396 e. The Bertz CT molecular complexity index is 504. The molecule has 1 rings (SSSR count). The quantitative estimate of drug-likeness (QED) is 0.769. The number of hydrogen-bond acceptors (Lipinski definition) is 5. The molecule has 6 nitrogen and oxygen atoms in total. The molecule has 1 atom stereocenters. The van der Waals surface area contributed by atoms with E-state index in [0.717, 1.165) is 6.42 Å². The molecule has 7 heteroatoms. The number of likely N-dealkylation sites (N-methyl/N-ethyl adjacent to an activating group) is 1. The van der Waals surface area contributed by atoms with Crippen molar-refractivity contribution in [2.24, 2.45) is 0 Å². The third-order valence-electron chi connectivity index (χ3n) is 3.15. The van der Waals surface area contributed by atoms with Crippen LogP contribution in [0.25, 0.3) is 0 Å². The molecular formula is C12H22N4O2S. The summed E-state index contributed by atoms with van der Waals surface area (Å²) in [5.41, 5.74) is 5.77. The molecule has 1 aromatic rings. The number of pyridine rings is 1. The normalized spacial score (nSPS) is 13.7. The van der Waals surface area contributed by atoms with E-state index in [9.17, 15) is 8.42 Å². The van der Waals surface area contributed by atoms with Crippen molar-refractivity contribution >= 4 is 15.7 Å². The Hall–Kier alpha value is -1.18. The molecule has 0 spiro atoms. The van der Waals surface area contributed by atoms with E-state index in [0.29, 0.717) is 19.1 Å². The Morgan fingerprint density at radius 3 is 2.79 bits per heavy atom. The van der Waals surface area contributed by atoms with Gasteiger partial charge in [0.1, 0.15) is 0 Å². The van der Waals surface area contributed by atoms with Gasteiger partial charge >= 0.3 is 0 Å². The predicted octanol–water partition coefficient (Wildman–Crippen LogP) is 0.672. The Kier molecular flexibility index (Phi) is 5.71. The Labute approximate surface area is 115 Å². The highest BCUT2D eigenvalue weighted by Crippen LogP contribution is 2.13.